The molecule has 2 aliphatic heterocycles. The molecule has 158 valence electrons. The van der Waals surface area contributed by atoms with Crippen LogP contribution in [0.3, 0.4) is 0 Å². The molecule has 0 spiro atoms. The zero-order chi connectivity index (χ0) is 20.9. The van der Waals surface area contributed by atoms with E-state index in [1.54, 1.807) is 13.2 Å². The molecule has 0 unspecified atom stereocenters. The fraction of sp³-hybridized carbons (Fsp3) is 0.440. The van der Waals surface area contributed by atoms with E-state index >= 15 is 0 Å². The number of rotatable bonds is 4. The summed E-state index contributed by atoms with van der Waals surface area (Å²) >= 11 is 0. The molecule has 2 saturated heterocycles. The lowest BCUT2D eigenvalue weighted by molar-refractivity contribution is -0.138. The van der Waals surface area contributed by atoms with Crippen LogP contribution in [0.5, 0.6) is 5.75 Å². The molecule has 0 aliphatic carbocycles. The van der Waals surface area contributed by atoms with Gasteiger partial charge in [0.05, 0.1) is 12.7 Å². The van der Waals surface area contributed by atoms with E-state index in [4.69, 9.17) is 4.74 Å². The number of carbonyl (C=O) groups is 2. The van der Waals surface area contributed by atoms with Crippen molar-refractivity contribution in [1.29, 1.82) is 0 Å². The Labute approximate surface area is 178 Å². The monoisotopic (exact) mass is 406 g/mol. The Bertz CT molecular complexity index is 867. The van der Waals surface area contributed by atoms with E-state index in [1.807, 2.05) is 34.1 Å². The number of benzene rings is 2. The molecule has 0 N–H and O–H groups in total. The summed E-state index contributed by atoms with van der Waals surface area (Å²) in [6.07, 6.45) is 3.53. The van der Waals surface area contributed by atoms with Crippen LogP contribution in [0.25, 0.3) is 0 Å². The highest BCUT2D eigenvalue weighted by Crippen LogP contribution is 2.30. The van der Waals surface area contributed by atoms with E-state index in [0.29, 0.717) is 30.3 Å². The van der Waals surface area contributed by atoms with E-state index in [-0.39, 0.29) is 17.7 Å². The van der Waals surface area contributed by atoms with Crippen molar-refractivity contribution in [2.75, 3.05) is 33.3 Å². The second kappa shape index (κ2) is 9.33. The molecule has 4 rings (SSSR count). The van der Waals surface area contributed by atoms with E-state index in [2.05, 4.69) is 24.3 Å². The molecule has 0 bridgehead atoms. The van der Waals surface area contributed by atoms with Crippen LogP contribution in [-0.2, 0) is 4.79 Å². The molecular formula is C25H30N2O3. The van der Waals surface area contributed by atoms with Crippen molar-refractivity contribution in [2.24, 2.45) is 5.92 Å². The van der Waals surface area contributed by atoms with E-state index in [0.717, 1.165) is 38.8 Å². The highest BCUT2D eigenvalue weighted by atomic mass is 16.5. The first kappa shape index (κ1) is 20.5. The number of methoxy groups -OCH3 is 1. The lowest BCUT2D eigenvalue weighted by atomic mass is 9.88. The Kier molecular flexibility index (Phi) is 6.36. The van der Waals surface area contributed by atoms with Crippen LogP contribution in [0, 0.1) is 5.92 Å². The third-order valence-electron chi connectivity index (χ3n) is 6.55. The van der Waals surface area contributed by atoms with Gasteiger partial charge in [-0.3, -0.25) is 9.59 Å². The van der Waals surface area contributed by atoms with Crippen molar-refractivity contribution in [3.63, 3.8) is 0 Å². The Morgan fingerprint density at radius 3 is 2.07 bits per heavy atom. The Hall–Kier alpha value is -2.82. The van der Waals surface area contributed by atoms with Crippen molar-refractivity contribution >= 4 is 11.8 Å². The Morgan fingerprint density at radius 1 is 0.800 bits per heavy atom. The van der Waals surface area contributed by atoms with Gasteiger partial charge in [-0.1, -0.05) is 42.5 Å². The fourth-order valence-electron chi connectivity index (χ4n) is 4.74. The van der Waals surface area contributed by atoms with Gasteiger partial charge in [-0.15, -0.1) is 0 Å². The predicted molar refractivity (Wildman–Crippen MR) is 117 cm³/mol. The van der Waals surface area contributed by atoms with Gasteiger partial charge in [-0.05, 0) is 49.3 Å². The van der Waals surface area contributed by atoms with Crippen LogP contribution in [-0.4, -0.2) is 54.9 Å². The van der Waals surface area contributed by atoms with Gasteiger partial charge >= 0.3 is 0 Å². The quantitative estimate of drug-likeness (QED) is 0.772. The number of para-hydroxylation sites is 1. The van der Waals surface area contributed by atoms with Crippen LogP contribution >= 0.6 is 0 Å². The van der Waals surface area contributed by atoms with Gasteiger partial charge in [-0.2, -0.15) is 0 Å². The molecule has 0 aromatic heterocycles. The molecular weight excluding hydrogens is 376 g/mol. The fourth-order valence-corrected chi connectivity index (χ4v) is 4.74. The number of ether oxygens (including phenoxy) is 1. The summed E-state index contributed by atoms with van der Waals surface area (Å²) in [5, 5.41) is 0. The SMILES string of the molecule is COc1ccccc1C(=O)N1CCC(C(=O)N2CCC(c3ccccc3)CC2)CC1. The summed E-state index contributed by atoms with van der Waals surface area (Å²) < 4.78 is 5.33. The third-order valence-corrected chi connectivity index (χ3v) is 6.55. The summed E-state index contributed by atoms with van der Waals surface area (Å²) in [6, 6.07) is 17.9. The average Bonchev–Trinajstić information content (AvgIpc) is 2.84. The average molecular weight is 407 g/mol. The minimum absolute atomic E-state index is 0.0120. The molecule has 2 aromatic rings. The molecule has 2 aromatic carbocycles. The van der Waals surface area contributed by atoms with Gasteiger partial charge in [-0.25, -0.2) is 0 Å². The maximum Gasteiger partial charge on any atom is 0.257 e. The first-order chi connectivity index (χ1) is 14.7. The molecule has 30 heavy (non-hydrogen) atoms. The van der Waals surface area contributed by atoms with Crippen LogP contribution in [0.2, 0.25) is 0 Å². The van der Waals surface area contributed by atoms with Gasteiger partial charge in [0, 0.05) is 32.1 Å². The zero-order valence-corrected chi connectivity index (χ0v) is 17.6. The minimum atomic E-state index is -0.0120. The standard InChI is InChI=1S/C25H30N2O3/c1-30-23-10-6-5-9-22(23)25(29)27-17-13-21(14-18-27)24(28)26-15-11-20(12-16-26)19-7-3-2-4-8-19/h2-10,20-21H,11-18H2,1H3. The van der Waals surface area contributed by atoms with Crippen LogP contribution in [0.15, 0.2) is 54.6 Å². The van der Waals surface area contributed by atoms with Crippen molar-refractivity contribution in [2.45, 2.75) is 31.6 Å². The van der Waals surface area contributed by atoms with E-state index in [1.165, 1.54) is 5.56 Å². The Balaban J connectivity index is 1.29. The van der Waals surface area contributed by atoms with E-state index < -0.39 is 0 Å². The number of hydrogen-bond acceptors (Lipinski definition) is 3. The predicted octanol–water partition coefficient (Wildman–Crippen LogP) is 3.95. The highest BCUT2D eigenvalue weighted by molar-refractivity contribution is 5.97. The molecule has 5 nitrogen and oxygen atoms in total. The second-order valence-corrected chi connectivity index (χ2v) is 8.28. The van der Waals surface area contributed by atoms with Gasteiger partial charge in [0.15, 0.2) is 0 Å². The van der Waals surface area contributed by atoms with Crippen molar-refractivity contribution in [3.05, 3.63) is 65.7 Å². The van der Waals surface area contributed by atoms with Crippen molar-refractivity contribution in [3.8, 4) is 5.75 Å². The smallest absolute Gasteiger partial charge is 0.257 e. The third kappa shape index (κ3) is 4.35. The first-order valence-electron chi connectivity index (χ1n) is 10.9. The highest BCUT2D eigenvalue weighted by Gasteiger charge is 2.33. The second-order valence-electron chi connectivity index (χ2n) is 8.28. The normalized spacial score (nSPS) is 18.3. The summed E-state index contributed by atoms with van der Waals surface area (Å²) in [7, 11) is 1.58. The summed E-state index contributed by atoms with van der Waals surface area (Å²) in [6.45, 7) is 2.90. The Morgan fingerprint density at radius 2 is 1.40 bits per heavy atom. The van der Waals surface area contributed by atoms with Gasteiger partial charge in [0.2, 0.25) is 5.91 Å². The lowest BCUT2D eigenvalue weighted by Crippen LogP contribution is -2.46. The van der Waals surface area contributed by atoms with Gasteiger partial charge < -0.3 is 14.5 Å². The van der Waals surface area contributed by atoms with Crippen LogP contribution in [0.4, 0.5) is 0 Å². The topological polar surface area (TPSA) is 49.9 Å². The lowest BCUT2D eigenvalue weighted by Gasteiger charge is -2.37. The van der Waals surface area contributed by atoms with Crippen LogP contribution < -0.4 is 4.74 Å². The van der Waals surface area contributed by atoms with Crippen molar-refractivity contribution in [1.82, 2.24) is 9.80 Å². The molecule has 5 heteroatoms. The summed E-state index contributed by atoms with van der Waals surface area (Å²) in [5.74, 6) is 1.44. The molecule has 0 atom stereocenters. The summed E-state index contributed by atoms with van der Waals surface area (Å²) in [5.41, 5.74) is 1.97. The van der Waals surface area contributed by atoms with Crippen molar-refractivity contribution < 1.29 is 14.3 Å². The molecule has 2 aliphatic rings. The molecule has 2 fully saturated rings. The number of hydrogen-bond donors (Lipinski definition) is 0. The maximum absolute atomic E-state index is 13.0. The summed E-state index contributed by atoms with van der Waals surface area (Å²) in [4.78, 5) is 29.8. The van der Waals surface area contributed by atoms with Gasteiger partial charge in [0.25, 0.3) is 5.91 Å². The number of likely N-dealkylation sites (tertiary alicyclic amines) is 2. The number of nitrogens with zero attached hydrogens (tertiary/aromatic N) is 2. The maximum atomic E-state index is 13.0. The molecule has 0 saturated carbocycles. The van der Waals surface area contributed by atoms with Crippen LogP contribution in [0.1, 0.15) is 47.5 Å². The molecule has 2 heterocycles. The minimum Gasteiger partial charge on any atom is -0.496 e. The number of carbonyl (C=O) groups excluding carboxylic acids is 2. The first-order valence-corrected chi connectivity index (χ1v) is 10.9. The number of piperidine rings is 2. The largest absolute Gasteiger partial charge is 0.496 e. The number of amides is 2. The molecule has 2 amide bonds. The van der Waals surface area contributed by atoms with Gasteiger partial charge in [0.1, 0.15) is 5.75 Å². The zero-order valence-electron chi connectivity index (χ0n) is 17.6. The molecule has 0 radical (unpaired) electrons. The van der Waals surface area contributed by atoms with E-state index in [9.17, 15) is 9.59 Å².